The highest BCUT2D eigenvalue weighted by Gasteiger charge is 2.41. The minimum atomic E-state index is -0.796. The van der Waals surface area contributed by atoms with Crippen molar-refractivity contribution in [2.75, 3.05) is 24.6 Å². The lowest BCUT2D eigenvalue weighted by molar-refractivity contribution is -0.129. The van der Waals surface area contributed by atoms with Gasteiger partial charge in [-0.25, -0.2) is 8.78 Å². The molecule has 2 aliphatic heterocycles. The van der Waals surface area contributed by atoms with Crippen LogP contribution in [0.1, 0.15) is 43.6 Å². The number of amides is 1. The molecule has 2 atom stereocenters. The first kappa shape index (κ1) is 29.3. The smallest absolute Gasteiger partial charge is 0.264 e. The van der Waals surface area contributed by atoms with E-state index < -0.39 is 22.9 Å². The molecule has 2 aliphatic rings. The Morgan fingerprint density at radius 3 is 2.59 bits per heavy atom. The van der Waals surface area contributed by atoms with Gasteiger partial charge in [0.25, 0.3) is 5.56 Å². The minimum Gasteiger partial charge on any atom is -0.506 e. The zero-order chi connectivity index (χ0) is 31.6. The SMILES string of the molecule is C=CC(=O)N1CC2COc3c(F)c(-c4c(C)ccnc4C(C)C)c4c(=O)n(-c5c(O)cccc5F)c(C)cc4c3N2CC1C. The number of carbonyl (C=O) groups is 1. The van der Waals surface area contributed by atoms with Gasteiger partial charge >= 0.3 is 0 Å². The number of anilines is 1. The molecule has 1 N–H and O–H groups in total. The lowest BCUT2D eigenvalue weighted by atomic mass is 9.88. The monoisotopic (exact) mass is 600 g/mol. The predicted molar refractivity (Wildman–Crippen MR) is 166 cm³/mol. The van der Waals surface area contributed by atoms with E-state index in [2.05, 4.69) is 11.6 Å². The second-order valence-corrected chi connectivity index (χ2v) is 11.9. The van der Waals surface area contributed by atoms with Crippen LogP contribution in [0.2, 0.25) is 0 Å². The number of aromatic nitrogens is 2. The third kappa shape index (κ3) is 4.34. The lowest BCUT2D eigenvalue weighted by Crippen LogP contribution is -2.62. The summed E-state index contributed by atoms with van der Waals surface area (Å²) in [7, 11) is 0. The van der Waals surface area contributed by atoms with Gasteiger partial charge in [0.05, 0.1) is 22.8 Å². The third-order valence-electron chi connectivity index (χ3n) is 8.71. The summed E-state index contributed by atoms with van der Waals surface area (Å²) in [6, 6.07) is 6.74. The second kappa shape index (κ2) is 10.8. The molecule has 6 rings (SSSR count). The summed E-state index contributed by atoms with van der Waals surface area (Å²) < 4.78 is 39.6. The van der Waals surface area contributed by atoms with E-state index in [4.69, 9.17) is 4.74 Å². The van der Waals surface area contributed by atoms with Crippen LogP contribution in [0, 0.1) is 25.5 Å². The van der Waals surface area contributed by atoms with Gasteiger partial charge in [-0.05, 0) is 62.6 Å². The van der Waals surface area contributed by atoms with Crippen LogP contribution in [-0.2, 0) is 4.79 Å². The average Bonchev–Trinajstić information content (AvgIpc) is 2.98. The number of rotatable bonds is 4. The molecule has 228 valence electrons. The Morgan fingerprint density at radius 1 is 1.16 bits per heavy atom. The number of aryl methyl sites for hydroxylation is 2. The Bertz CT molecular complexity index is 1900. The van der Waals surface area contributed by atoms with Gasteiger partial charge in [0.15, 0.2) is 17.4 Å². The highest BCUT2D eigenvalue weighted by Crippen LogP contribution is 2.49. The van der Waals surface area contributed by atoms with E-state index in [1.165, 1.54) is 18.2 Å². The van der Waals surface area contributed by atoms with Crippen LogP contribution in [-0.4, -0.2) is 57.2 Å². The molecule has 2 unspecified atom stereocenters. The quantitative estimate of drug-likeness (QED) is 0.300. The number of halogens is 2. The molecule has 2 aromatic carbocycles. The molecule has 0 spiro atoms. The van der Waals surface area contributed by atoms with Crippen molar-refractivity contribution < 1.29 is 23.4 Å². The maximum atomic E-state index is 17.2. The van der Waals surface area contributed by atoms with E-state index >= 15 is 8.78 Å². The number of hydrogen-bond donors (Lipinski definition) is 1. The number of hydrogen-bond acceptors (Lipinski definition) is 6. The molecule has 0 aliphatic carbocycles. The van der Waals surface area contributed by atoms with Gasteiger partial charge in [-0.1, -0.05) is 26.5 Å². The Morgan fingerprint density at radius 2 is 1.91 bits per heavy atom. The number of ether oxygens (including phenoxy) is 1. The molecule has 4 aromatic rings. The van der Waals surface area contributed by atoms with Crippen LogP contribution in [0.4, 0.5) is 14.5 Å². The standard InChI is InChI=1S/C34H34F2N4O4/c1-7-25(42)38-15-21-16-44-33-29(36)28(26-18(4)11-12-37-30(26)17(2)3)27-22(31(33)39(21)14-20(38)6)13-19(5)40(34(27)43)32-23(35)9-8-10-24(32)41/h7-13,17,20-21,41H,1,14-16H2,2-6H3. The van der Waals surface area contributed by atoms with Crippen LogP contribution in [0.15, 0.2) is 54.0 Å². The zero-order valence-corrected chi connectivity index (χ0v) is 25.3. The molecule has 1 amide bonds. The molecule has 8 nitrogen and oxygen atoms in total. The summed E-state index contributed by atoms with van der Waals surface area (Å²) in [6.45, 7) is 13.7. The number of phenolic OH excluding ortho intramolecular Hbond substituents is 1. The number of nitrogens with zero attached hydrogens (tertiary/aromatic N) is 4. The number of pyridine rings is 2. The number of aromatic hydroxyl groups is 1. The van der Waals surface area contributed by atoms with Crippen molar-refractivity contribution in [2.45, 2.75) is 52.6 Å². The van der Waals surface area contributed by atoms with Gasteiger partial charge in [-0.3, -0.25) is 19.1 Å². The molecule has 0 bridgehead atoms. The van der Waals surface area contributed by atoms with Crippen LogP contribution >= 0.6 is 0 Å². The Hall–Kier alpha value is -4.73. The average molecular weight is 601 g/mol. The molecular formula is C34H34F2N4O4. The highest BCUT2D eigenvalue weighted by molar-refractivity contribution is 6.07. The van der Waals surface area contributed by atoms with Crippen molar-refractivity contribution in [2.24, 2.45) is 0 Å². The Labute approximate surface area is 253 Å². The fourth-order valence-corrected chi connectivity index (χ4v) is 6.67. The molecule has 1 fully saturated rings. The molecular weight excluding hydrogens is 566 g/mol. The fourth-order valence-electron chi connectivity index (χ4n) is 6.67. The highest BCUT2D eigenvalue weighted by atomic mass is 19.1. The van der Waals surface area contributed by atoms with Crippen LogP contribution in [0.5, 0.6) is 11.5 Å². The number of phenols is 1. The van der Waals surface area contributed by atoms with E-state index in [0.29, 0.717) is 46.7 Å². The Kier molecular flexibility index (Phi) is 7.18. The minimum absolute atomic E-state index is 0.0164. The van der Waals surface area contributed by atoms with Crippen molar-refractivity contribution in [1.29, 1.82) is 0 Å². The molecule has 44 heavy (non-hydrogen) atoms. The Balaban J connectivity index is 1.75. The van der Waals surface area contributed by atoms with E-state index in [1.54, 1.807) is 30.2 Å². The summed E-state index contributed by atoms with van der Waals surface area (Å²) in [5.41, 5.74) is 1.55. The van der Waals surface area contributed by atoms with Gasteiger partial charge < -0.3 is 19.6 Å². The third-order valence-corrected chi connectivity index (χ3v) is 8.71. The molecule has 4 heterocycles. The summed E-state index contributed by atoms with van der Waals surface area (Å²) in [5.74, 6) is -2.23. The summed E-state index contributed by atoms with van der Waals surface area (Å²) in [4.78, 5) is 35.5. The topological polar surface area (TPSA) is 87.9 Å². The summed E-state index contributed by atoms with van der Waals surface area (Å²) >= 11 is 0. The summed E-state index contributed by atoms with van der Waals surface area (Å²) in [6.07, 6.45) is 2.93. The van der Waals surface area contributed by atoms with E-state index in [-0.39, 0.29) is 52.9 Å². The lowest BCUT2D eigenvalue weighted by Gasteiger charge is -2.49. The largest absolute Gasteiger partial charge is 0.506 e. The van der Waals surface area contributed by atoms with Crippen molar-refractivity contribution in [3.8, 4) is 28.3 Å². The number of benzene rings is 2. The van der Waals surface area contributed by atoms with Crippen LogP contribution < -0.4 is 15.2 Å². The molecule has 2 aromatic heterocycles. The van der Waals surface area contributed by atoms with Gasteiger partial charge in [0, 0.05) is 47.5 Å². The van der Waals surface area contributed by atoms with Crippen LogP contribution in [0.3, 0.4) is 0 Å². The number of piperazine rings is 1. The van der Waals surface area contributed by atoms with E-state index in [0.717, 1.165) is 10.6 Å². The number of carbonyl (C=O) groups excluding carboxylic acids is 1. The van der Waals surface area contributed by atoms with E-state index in [9.17, 15) is 14.7 Å². The van der Waals surface area contributed by atoms with Gasteiger partial charge in [-0.2, -0.15) is 0 Å². The normalized spacial score (nSPS) is 17.8. The maximum Gasteiger partial charge on any atom is 0.264 e. The summed E-state index contributed by atoms with van der Waals surface area (Å²) in [5, 5.41) is 11.1. The number of fused-ring (bicyclic) bond motifs is 5. The molecule has 10 heteroatoms. The van der Waals surface area contributed by atoms with Gasteiger partial charge in [-0.15, -0.1) is 0 Å². The van der Waals surface area contributed by atoms with Gasteiger partial charge in [0.2, 0.25) is 5.91 Å². The molecule has 0 saturated carbocycles. The second-order valence-electron chi connectivity index (χ2n) is 11.9. The van der Waals surface area contributed by atoms with Gasteiger partial charge in [0.1, 0.15) is 18.0 Å². The van der Waals surface area contributed by atoms with E-state index in [1.807, 2.05) is 32.6 Å². The first-order chi connectivity index (χ1) is 21.0. The first-order valence-corrected chi connectivity index (χ1v) is 14.6. The maximum absolute atomic E-state index is 17.2. The van der Waals surface area contributed by atoms with Crippen molar-refractivity contribution in [1.82, 2.24) is 14.5 Å². The fraction of sp³-hybridized carbons (Fsp3) is 0.324. The predicted octanol–water partition coefficient (Wildman–Crippen LogP) is 5.76. The van der Waals surface area contributed by atoms with Crippen molar-refractivity contribution in [3.05, 3.63) is 88.1 Å². The van der Waals surface area contributed by atoms with Crippen LogP contribution in [0.25, 0.3) is 27.6 Å². The number of para-hydroxylation sites is 1. The van der Waals surface area contributed by atoms with Crippen molar-refractivity contribution >= 4 is 22.4 Å². The molecule has 0 radical (unpaired) electrons. The first-order valence-electron chi connectivity index (χ1n) is 14.6. The zero-order valence-electron chi connectivity index (χ0n) is 25.3. The molecule has 1 saturated heterocycles. The van der Waals surface area contributed by atoms with Crippen molar-refractivity contribution in [3.63, 3.8) is 0 Å².